The second-order valence-corrected chi connectivity index (χ2v) is 8.72. The Kier molecular flexibility index (Phi) is 8.17. The fourth-order valence-electron chi connectivity index (χ4n) is 2.75. The highest BCUT2D eigenvalue weighted by Crippen LogP contribution is 2.16. The third kappa shape index (κ3) is 6.36. The van der Waals surface area contributed by atoms with Crippen LogP contribution < -0.4 is 0 Å². The van der Waals surface area contributed by atoms with E-state index in [0.717, 1.165) is 19.3 Å². The molecule has 0 amide bonds. The van der Waals surface area contributed by atoms with Crippen LogP contribution in [-0.2, 0) is 8.85 Å². The lowest BCUT2D eigenvalue weighted by Gasteiger charge is -2.34. The zero-order valence-electron chi connectivity index (χ0n) is 13.3. The van der Waals surface area contributed by atoms with E-state index >= 15 is 0 Å². The van der Waals surface area contributed by atoms with Gasteiger partial charge in [-0.25, -0.2) is 0 Å². The number of likely N-dealkylation sites (N-methyl/N-ethyl adjacent to an activating group) is 1. The first kappa shape index (κ1) is 17.1. The monoisotopic (exact) mass is 288 g/mol. The highest BCUT2D eigenvalue weighted by molar-refractivity contribution is 6.66. The Morgan fingerprint density at radius 3 is 1.89 bits per heavy atom. The number of piperazine rings is 1. The summed E-state index contributed by atoms with van der Waals surface area (Å²) in [6.45, 7) is 17.4. The quantitative estimate of drug-likeness (QED) is 0.607. The fraction of sp³-hybridized carbons (Fsp3) is 1.00. The second-order valence-electron chi connectivity index (χ2n) is 5.38. The molecule has 5 heteroatoms. The van der Waals surface area contributed by atoms with Crippen molar-refractivity contribution in [2.45, 2.75) is 39.8 Å². The molecule has 1 aliphatic heterocycles. The molecule has 0 radical (unpaired) electrons. The van der Waals surface area contributed by atoms with Gasteiger partial charge in [0.1, 0.15) is 0 Å². The van der Waals surface area contributed by atoms with Gasteiger partial charge in [-0.1, -0.05) is 6.92 Å². The first-order chi connectivity index (χ1) is 9.13. The first-order valence-electron chi connectivity index (χ1n) is 7.86. The minimum absolute atomic E-state index is 0.776. The van der Waals surface area contributed by atoms with E-state index in [1.807, 2.05) is 0 Å². The Bertz CT molecular complexity index is 227. The van der Waals surface area contributed by atoms with Crippen LogP contribution in [0.1, 0.15) is 27.2 Å². The van der Waals surface area contributed by atoms with Gasteiger partial charge in [0.2, 0.25) is 0 Å². The van der Waals surface area contributed by atoms with Crippen molar-refractivity contribution in [1.29, 1.82) is 0 Å². The lowest BCUT2D eigenvalue weighted by atomic mass is 10.3. The van der Waals surface area contributed by atoms with E-state index in [4.69, 9.17) is 8.85 Å². The smallest absolute Gasteiger partial charge is 0.334 e. The summed E-state index contributed by atoms with van der Waals surface area (Å²) >= 11 is 0. The summed E-state index contributed by atoms with van der Waals surface area (Å²) in [6, 6.07) is 1.11. The van der Waals surface area contributed by atoms with Crippen molar-refractivity contribution in [3.8, 4) is 0 Å². The summed E-state index contributed by atoms with van der Waals surface area (Å²) in [5, 5.41) is 0. The maximum absolute atomic E-state index is 5.88. The van der Waals surface area contributed by atoms with Crippen molar-refractivity contribution < 1.29 is 8.85 Å². The van der Waals surface area contributed by atoms with E-state index in [-0.39, 0.29) is 0 Å². The van der Waals surface area contributed by atoms with Crippen LogP contribution in [-0.4, -0.2) is 70.8 Å². The van der Waals surface area contributed by atoms with E-state index in [1.165, 1.54) is 45.7 Å². The zero-order valence-corrected chi connectivity index (χ0v) is 14.3. The molecule has 114 valence electrons. The lowest BCUT2D eigenvalue weighted by molar-refractivity contribution is 0.135. The van der Waals surface area contributed by atoms with Crippen LogP contribution in [0.4, 0.5) is 0 Å². The number of hydrogen-bond donors (Lipinski definition) is 0. The third-order valence-electron chi connectivity index (χ3n) is 3.92. The number of nitrogens with zero attached hydrogens (tertiary/aromatic N) is 2. The largest absolute Gasteiger partial charge is 0.395 e. The van der Waals surface area contributed by atoms with E-state index in [2.05, 4.69) is 37.1 Å². The zero-order chi connectivity index (χ0) is 14.1. The summed E-state index contributed by atoms with van der Waals surface area (Å²) < 4.78 is 11.8. The molecule has 0 atom stereocenters. The molecule has 0 unspecified atom stereocenters. The van der Waals surface area contributed by atoms with Crippen LogP contribution in [0, 0.1) is 0 Å². The average molecular weight is 289 g/mol. The minimum Gasteiger partial charge on any atom is -0.395 e. The molecule has 0 N–H and O–H groups in total. The lowest BCUT2D eigenvalue weighted by Crippen LogP contribution is -2.47. The van der Waals surface area contributed by atoms with Crippen molar-refractivity contribution in [2.24, 2.45) is 0 Å². The van der Waals surface area contributed by atoms with Gasteiger partial charge in [0.15, 0.2) is 0 Å². The standard InChI is InChI=1S/C14H32N2O2Si/c1-5-15-10-12-16(13-11-15)9-8-14-19(4,17-6-2)18-7-3/h5-14H2,1-4H3. The van der Waals surface area contributed by atoms with Gasteiger partial charge in [-0.2, -0.15) is 0 Å². The maximum atomic E-state index is 5.88. The molecule has 19 heavy (non-hydrogen) atoms. The normalized spacial score (nSPS) is 18.9. The molecule has 1 aliphatic rings. The van der Waals surface area contributed by atoms with Crippen molar-refractivity contribution in [3.05, 3.63) is 0 Å². The Morgan fingerprint density at radius 1 is 0.895 bits per heavy atom. The van der Waals surface area contributed by atoms with E-state index in [1.54, 1.807) is 0 Å². The van der Waals surface area contributed by atoms with Gasteiger partial charge in [-0.3, -0.25) is 0 Å². The molecule has 0 aromatic carbocycles. The fourth-order valence-corrected chi connectivity index (χ4v) is 5.14. The molecule has 1 rings (SSSR count). The van der Waals surface area contributed by atoms with Gasteiger partial charge in [-0.05, 0) is 45.9 Å². The van der Waals surface area contributed by atoms with Gasteiger partial charge in [0.05, 0.1) is 0 Å². The van der Waals surface area contributed by atoms with E-state index in [0.29, 0.717) is 0 Å². The van der Waals surface area contributed by atoms with Gasteiger partial charge < -0.3 is 18.7 Å². The van der Waals surface area contributed by atoms with Crippen LogP contribution in [0.15, 0.2) is 0 Å². The molecule has 0 spiro atoms. The highest BCUT2D eigenvalue weighted by Gasteiger charge is 2.30. The van der Waals surface area contributed by atoms with E-state index in [9.17, 15) is 0 Å². The Hall–Kier alpha value is 0.0569. The Balaban J connectivity index is 2.21. The van der Waals surface area contributed by atoms with Crippen LogP contribution >= 0.6 is 0 Å². The van der Waals surface area contributed by atoms with Crippen LogP contribution in [0.3, 0.4) is 0 Å². The summed E-state index contributed by atoms with van der Waals surface area (Å²) in [6.07, 6.45) is 1.20. The van der Waals surface area contributed by atoms with Crippen LogP contribution in [0.2, 0.25) is 12.6 Å². The predicted molar refractivity (Wildman–Crippen MR) is 82.8 cm³/mol. The highest BCUT2D eigenvalue weighted by atomic mass is 28.4. The molecular formula is C14H32N2O2Si. The average Bonchev–Trinajstić information content (AvgIpc) is 2.40. The minimum atomic E-state index is -1.89. The summed E-state index contributed by atoms with van der Waals surface area (Å²) in [5.74, 6) is 0. The van der Waals surface area contributed by atoms with E-state index < -0.39 is 8.56 Å². The predicted octanol–water partition coefficient (Wildman–Crippen LogP) is 2.16. The molecule has 0 aliphatic carbocycles. The number of hydrogen-bond acceptors (Lipinski definition) is 4. The van der Waals surface area contributed by atoms with Gasteiger partial charge in [-0.15, -0.1) is 0 Å². The maximum Gasteiger partial charge on any atom is 0.334 e. The Labute approximate surface area is 120 Å². The molecule has 4 nitrogen and oxygen atoms in total. The molecule has 0 aromatic rings. The molecule has 1 heterocycles. The Morgan fingerprint density at radius 2 is 1.42 bits per heavy atom. The summed E-state index contributed by atoms with van der Waals surface area (Å²) in [4.78, 5) is 5.11. The molecule has 1 fully saturated rings. The molecule has 0 bridgehead atoms. The SMILES string of the molecule is CCO[Si](C)(CCCN1CCN(CC)CC1)OCC. The van der Waals surface area contributed by atoms with Crippen LogP contribution in [0.5, 0.6) is 0 Å². The molecule has 1 saturated heterocycles. The van der Waals surface area contributed by atoms with Crippen LogP contribution in [0.25, 0.3) is 0 Å². The topological polar surface area (TPSA) is 24.9 Å². The first-order valence-corrected chi connectivity index (χ1v) is 10.4. The van der Waals surface area contributed by atoms with Crippen molar-refractivity contribution >= 4 is 8.56 Å². The van der Waals surface area contributed by atoms with Crippen molar-refractivity contribution in [2.75, 3.05) is 52.5 Å². The van der Waals surface area contributed by atoms with Gasteiger partial charge in [0.25, 0.3) is 0 Å². The van der Waals surface area contributed by atoms with Crippen molar-refractivity contribution in [3.63, 3.8) is 0 Å². The summed E-state index contributed by atoms with van der Waals surface area (Å²) in [5.41, 5.74) is 0. The number of rotatable bonds is 9. The molecule has 0 aromatic heterocycles. The van der Waals surface area contributed by atoms with Gasteiger partial charge >= 0.3 is 8.56 Å². The van der Waals surface area contributed by atoms with Crippen molar-refractivity contribution in [1.82, 2.24) is 9.80 Å². The molecule has 0 saturated carbocycles. The second kappa shape index (κ2) is 9.08. The summed E-state index contributed by atoms with van der Waals surface area (Å²) in [7, 11) is -1.89. The van der Waals surface area contributed by atoms with Gasteiger partial charge in [0, 0.05) is 39.4 Å². The molecular weight excluding hydrogens is 256 g/mol. The third-order valence-corrected chi connectivity index (χ3v) is 6.98.